The molecule has 92 valence electrons. The zero-order valence-corrected chi connectivity index (χ0v) is 9.42. The molecular weight excluding hydrogens is 232 g/mol. The quantitative estimate of drug-likeness (QED) is 0.491. The number of aromatic hydroxyl groups is 1. The van der Waals surface area contributed by atoms with Gasteiger partial charge in [0.15, 0.2) is 0 Å². The lowest BCUT2D eigenvalue weighted by molar-refractivity contribution is 0.0698. The van der Waals surface area contributed by atoms with E-state index in [9.17, 15) is 9.90 Å². The van der Waals surface area contributed by atoms with Gasteiger partial charge in [0.1, 0.15) is 5.75 Å². The van der Waals surface area contributed by atoms with Gasteiger partial charge in [-0.1, -0.05) is 12.1 Å². The first-order valence-corrected chi connectivity index (χ1v) is 5.26. The van der Waals surface area contributed by atoms with Crippen molar-refractivity contribution in [3.63, 3.8) is 0 Å². The van der Waals surface area contributed by atoms with Gasteiger partial charge in [0.25, 0.3) is 0 Å². The Labute approximate surface area is 103 Å². The molecule has 0 atom stereocenters. The molecule has 0 heterocycles. The molecule has 5 N–H and O–H groups in total. The maximum absolute atomic E-state index is 11.1. The topological polar surface area (TPSA) is 95.6 Å². The Morgan fingerprint density at radius 3 is 2.50 bits per heavy atom. The molecule has 0 amide bonds. The normalized spacial score (nSPS) is 10.0. The van der Waals surface area contributed by atoms with Crippen molar-refractivity contribution >= 4 is 23.0 Å². The molecule has 5 nitrogen and oxygen atoms in total. The molecule has 0 aliphatic heterocycles. The highest BCUT2D eigenvalue weighted by Crippen LogP contribution is 2.28. The fraction of sp³-hybridized carbons (Fsp3) is 0. The number of carboxylic acid groups (broad SMARTS) is 1. The Morgan fingerprint density at radius 2 is 1.83 bits per heavy atom. The SMILES string of the molecule is Nc1ccc(Nc2ccccc2O)c(C(=O)O)c1. The lowest BCUT2D eigenvalue weighted by Gasteiger charge is -2.11. The van der Waals surface area contributed by atoms with E-state index in [-0.39, 0.29) is 11.3 Å². The van der Waals surface area contributed by atoms with Crippen molar-refractivity contribution in [1.29, 1.82) is 0 Å². The lowest BCUT2D eigenvalue weighted by atomic mass is 10.1. The largest absolute Gasteiger partial charge is 0.506 e. The highest BCUT2D eigenvalue weighted by atomic mass is 16.4. The first-order valence-electron chi connectivity index (χ1n) is 5.26. The molecule has 0 saturated heterocycles. The van der Waals surface area contributed by atoms with Crippen LogP contribution in [0.25, 0.3) is 0 Å². The minimum Gasteiger partial charge on any atom is -0.506 e. The van der Waals surface area contributed by atoms with Crippen LogP contribution >= 0.6 is 0 Å². The van der Waals surface area contributed by atoms with Gasteiger partial charge in [-0.3, -0.25) is 0 Å². The van der Waals surface area contributed by atoms with Gasteiger partial charge in [-0.05, 0) is 30.3 Å². The number of aromatic carboxylic acids is 1. The van der Waals surface area contributed by atoms with E-state index in [1.54, 1.807) is 30.3 Å². The summed E-state index contributed by atoms with van der Waals surface area (Å²) >= 11 is 0. The maximum atomic E-state index is 11.1. The molecular formula is C13H12N2O3. The molecule has 5 heteroatoms. The van der Waals surface area contributed by atoms with Crippen molar-refractivity contribution in [2.75, 3.05) is 11.1 Å². The van der Waals surface area contributed by atoms with E-state index in [1.165, 1.54) is 12.1 Å². The first-order chi connectivity index (χ1) is 8.58. The molecule has 0 spiro atoms. The number of nitrogens with two attached hydrogens (primary N) is 1. The number of hydrogen-bond acceptors (Lipinski definition) is 4. The fourth-order valence-corrected chi connectivity index (χ4v) is 1.57. The van der Waals surface area contributed by atoms with E-state index in [1.807, 2.05) is 0 Å². The minimum absolute atomic E-state index is 0.0469. The molecule has 0 bridgehead atoms. The maximum Gasteiger partial charge on any atom is 0.337 e. The van der Waals surface area contributed by atoms with E-state index in [0.29, 0.717) is 17.1 Å². The third-order valence-corrected chi connectivity index (χ3v) is 2.45. The molecule has 18 heavy (non-hydrogen) atoms. The Kier molecular flexibility index (Phi) is 3.05. The van der Waals surface area contributed by atoms with Crippen LogP contribution in [0, 0.1) is 0 Å². The van der Waals surface area contributed by atoms with E-state index in [0.717, 1.165) is 0 Å². The second kappa shape index (κ2) is 4.67. The van der Waals surface area contributed by atoms with Crippen LogP contribution in [0.4, 0.5) is 17.1 Å². The summed E-state index contributed by atoms with van der Waals surface area (Å²) in [6.45, 7) is 0. The number of phenolic OH excluding ortho intramolecular Hbond substituents is 1. The summed E-state index contributed by atoms with van der Waals surface area (Å²) in [4.78, 5) is 11.1. The standard InChI is InChI=1S/C13H12N2O3/c14-8-5-6-10(9(7-8)13(17)18)15-11-3-1-2-4-12(11)16/h1-7,15-16H,14H2,(H,17,18). The average Bonchev–Trinajstić information content (AvgIpc) is 2.34. The zero-order chi connectivity index (χ0) is 13.1. The highest BCUT2D eigenvalue weighted by Gasteiger charge is 2.11. The molecule has 0 radical (unpaired) electrons. The van der Waals surface area contributed by atoms with Crippen molar-refractivity contribution in [3.8, 4) is 5.75 Å². The van der Waals surface area contributed by atoms with Crippen molar-refractivity contribution in [2.45, 2.75) is 0 Å². The molecule has 0 aliphatic rings. The third kappa shape index (κ3) is 2.35. The first kappa shape index (κ1) is 11.8. The van der Waals surface area contributed by atoms with Gasteiger partial charge in [-0.2, -0.15) is 0 Å². The van der Waals surface area contributed by atoms with Gasteiger partial charge in [0.2, 0.25) is 0 Å². The molecule has 2 aromatic carbocycles. The highest BCUT2D eigenvalue weighted by molar-refractivity contribution is 5.96. The van der Waals surface area contributed by atoms with Crippen LogP contribution < -0.4 is 11.1 Å². The lowest BCUT2D eigenvalue weighted by Crippen LogP contribution is -2.03. The van der Waals surface area contributed by atoms with Gasteiger partial charge in [-0.15, -0.1) is 0 Å². The number of carbonyl (C=O) groups is 1. The Bertz CT molecular complexity index is 597. The van der Waals surface area contributed by atoms with Crippen molar-refractivity contribution < 1.29 is 15.0 Å². The molecule has 0 unspecified atom stereocenters. The number of anilines is 3. The monoisotopic (exact) mass is 244 g/mol. The van der Waals surface area contributed by atoms with Crippen LogP contribution in [-0.2, 0) is 0 Å². The predicted octanol–water partition coefficient (Wildman–Crippen LogP) is 2.42. The van der Waals surface area contributed by atoms with Crippen LogP contribution in [0.5, 0.6) is 5.75 Å². The summed E-state index contributed by atoms with van der Waals surface area (Å²) in [5, 5.41) is 21.6. The summed E-state index contributed by atoms with van der Waals surface area (Å²) in [6, 6.07) is 11.1. The Hall–Kier alpha value is -2.69. The second-order valence-corrected chi connectivity index (χ2v) is 3.75. The average molecular weight is 244 g/mol. The Morgan fingerprint density at radius 1 is 1.11 bits per heavy atom. The third-order valence-electron chi connectivity index (χ3n) is 2.45. The number of para-hydroxylation sites is 2. The fourth-order valence-electron chi connectivity index (χ4n) is 1.57. The number of carboxylic acids is 1. The van der Waals surface area contributed by atoms with Crippen LogP contribution in [-0.4, -0.2) is 16.2 Å². The molecule has 0 aliphatic carbocycles. The van der Waals surface area contributed by atoms with E-state index >= 15 is 0 Å². The molecule has 2 aromatic rings. The van der Waals surface area contributed by atoms with Gasteiger partial charge in [0.05, 0.1) is 16.9 Å². The number of phenols is 1. The summed E-state index contributed by atoms with van der Waals surface area (Å²) in [5.41, 5.74) is 6.78. The number of benzene rings is 2. The second-order valence-electron chi connectivity index (χ2n) is 3.75. The van der Waals surface area contributed by atoms with Crippen molar-refractivity contribution in [2.24, 2.45) is 0 Å². The number of nitrogens with one attached hydrogen (secondary N) is 1. The number of hydrogen-bond donors (Lipinski definition) is 4. The predicted molar refractivity (Wildman–Crippen MR) is 69.2 cm³/mol. The van der Waals surface area contributed by atoms with E-state index in [4.69, 9.17) is 10.8 Å². The molecule has 0 fully saturated rings. The van der Waals surface area contributed by atoms with Crippen molar-refractivity contribution in [3.05, 3.63) is 48.0 Å². The smallest absolute Gasteiger partial charge is 0.337 e. The Balaban J connectivity index is 2.41. The van der Waals surface area contributed by atoms with E-state index < -0.39 is 5.97 Å². The van der Waals surface area contributed by atoms with Gasteiger partial charge >= 0.3 is 5.97 Å². The van der Waals surface area contributed by atoms with Crippen LogP contribution in [0.15, 0.2) is 42.5 Å². The van der Waals surface area contributed by atoms with Gasteiger partial charge in [-0.25, -0.2) is 4.79 Å². The summed E-state index contributed by atoms with van der Waals surface area (Å²) < 4.78 is 0. The molecule has 2 rings (SSSR count). The van der Waals surface area contributed by atoms with Crippen LogP contribution in [0.3, 0.4) is 0 Å². The summed E-state index contributed by atoms with van der Waals surface area (Å²) in [5.74, 6) is -1.04. The van der Waals surface area contributed by atoms with E-state index in [2.05, 4.69) is 5.32 Å². The minimum atomic E-state index is -1.08. The van der Waals surface area contributed by atoms with Crippen LogP contribution in [0.2, 0.25) is 0 Å². The van der Waals surface area contributed by atoms with Crippen LogP contribution in [0.1, 0.15) is 10.4 Å². The van der Waals surface area contributed by atoms with Crippen molar-refractivity contribution in [1.82, 2.24) is 0 Å². The summed E-state index contributed by atoms with van der Waals surface area (Å²) in [6.07, 6.45) is 0. The van der Waals surface area contributed by atoms with Gasteiger partial charge in [0, 0.05) is 5.69 Å². The molecule has 0 aromatic heterocycles. The van der Waals surface area contributed by atoms with Gasteiger partial charge < -0.3 is 21.3 Å². The summed E-state index contributed by atoms with van der Waals surface area (Å²) in [7, 11) is 0. The molecule has 0 saturated carbocycles. The zero-order valence-electron chi connectivity index (χ0n) is 9.42. The number of rotatable bonds is 3. The number of nitrogen functional groups attached to an aromatic ring is 1.